The van der Waals surface area contributed by atoms with E-state index in [9.17, 15) is 17.6 Å². The number of hydrogen-bond donors (Lipinski definition) is 1. The lowest BCUT2D eigenvalue weighted by atomic mass is 10.1. The summed E-state index contributed by atoms with van der Waals surface area (Å²) >= 11 is 0. The molecule has 5 nitrogen and oxygen atoms in total. The number of rotatable bonds is 2. The van der Waals surface area contributed by atoms with Gasteiger partial charge in [0, 0.05) is 17.0 Å². The summed E-state index contributed by atoms with van der Waals surface area (Å²) in [5, 5.41) is 2.67. The lowest BCUT2D eigenvalue weighted by Crippen LogP contribution is -2.15. The Bertz CT molecular complexity index is 1010. The Hall–Kier alpha value is -3.10. The summed E-state index contributed by atoms with van der Waals surface area (Å²) in [5.41, 5.74) is -1.31. The molecular formula is C17H11F4N3O2. The second-order valence-electron chi connectivity index (χ2n) is 5.62. The Kier molecular flexibility index (Phi) is 3.78. The zero-order valence-electron chi connectivity index (χ0n) is 13.4. The molecule has 3 aromatic rings. The molecule has 134 valence electrons. The van der Waals surface area contributed by atoms with Gasteiger partial charge in [-0.25, -0.2) is 27.5 Å². The number of nitrogens with zero attached hydrogens (tertiary/aromatic N) is 2. The summed E-state index contributed by atoms with van der Waals surface area (Å²) in [6.45, 7) is 1.67. The van der Waals surface area contributed by atoms with Gasteiger partial charge in [-0.3, -0.25) is 0 Å². The summed E-state index contributed by atoms with van der Waals surface area (Å²) < 4.78 is 66.7. The molecule has 0 amide bonds. The van der Waals surface area contributed by atoms with Gasteiger partial charge in [-0.05, 0) is 13.0 Å². The minimum atomic E-state index is -1.54. The molecule has 9 heteroatoms. The van der Waals surface area contributed by atoms with E-state index in [1.54, 1.807) is 6.07 Å². The molecule has 1 aromatic heterocycles. The van der Waals surface area contributed by atoms with Gasteiger partial charge in [0.05, 0.1) is 5.52 Å². The van der Waals surface area contributed by atoms with Crippen LogP contribution in [0.3, 0.4) is 0 Å². The van der Waals surface area contributed by atoms with Gasteiger partial charge in [0.2, 0.25) is 0 Å². The maximum Gasteiger partial charge on any atom is 0.185 e. The third kappa shape index (κ3) is 2.47. The van der Waals surface area contributed by atoms with Crippen molar-refractivity contribution in [2.45, 2.75) is 6.92 Å². The fraction of sp³-hybridized carbons (Fsp3) is 0.176. The second-order valence-corrected chi connectivity index (χ2v) is 5.62. The molecule has 0 saturated heterocycles. The molecule has 0 bridgehead atoms. The first kappa shape index (κ1) is 16.4. The molecule has 2 heterocycles. The van der Waals surface area contributed by atoms with Crippen molar-refractivity contribution in [3.63, 3.8) is 0 Å². The molecule has 0 atom stereocenters. The second kappa shape index (κ2) is 6.01. The standard InChI is InChI=1S/C17H11F4N3O2/c1-7-12(18)14(20)16(15(21)13(7)19)24-17-8-4-10-11(26-3-2-25-10)5-9(8)22-6-23-17/h4-6H,2-3H2,1H3,(H,22,23,24). The van der Waals surface area contributed by atoms with Gasteiger partial charge >= 0.3 is 0 Å². The Morgan fingerprint density at radius 2 is 1.50 bits per heavy atom. The molecule has 0 saturated carbocycles. The fourth-order valence-electron chi connectivity index (χ4n) is 2.66. The highest BCUT2D eigenvalue weighted by atomic mass is 19.2. The highest BCUT2D eigenvalue weighted by Crippen LogP contribution is 2.37. The minimum absolute atomic E-state index is 0.0348. The van der Waals surface area contributed by atoms with E-state index in [2.05, 4.69) is 15.3 Å². The van der Waals surface area contributed by atoms with Crippen molar-refractivity contribution in [3.05, 3.63) is 47.3 Å². The molecule has 2 aromatic carbocycles. The lowest BCUT2D eigenvalue weighted by molar-refractivity contribution is 0.172. The van der Waals surface area contributed by atoms with Crippen molar-refractivity contribution >= 4 is 22.4 Å². The van der Waals surface area contributed by atoms with Crippen LogP contribution in [0.1, 0.15) is 5.56 Å². The third-order valence-electron chi connectivity index (χ3n) is 4.03. The fourth-order valence-corrected chi connectivity index (χ4v) is 2.66. The topological polar surface area (TPSA) is 56.3 Å². The number of aromatic nitrogens is 2. The third-order valence-corrected chi connectivity index (χ3v) is 4.03. The van der Waals surface area contributed by atoms with Crippen molar-refractivity contribution in [1.29, 1.82) is 0 Å². The average Bonchev–Trinajstić information content (AvgIpc) is 2.66. The van der Waals surface area contributed by atoms with E-state index in [1.165, 1.54) is 6.07 Å². The molecule has 0 unspecified atom stereocenters. The van der Waals surface area contributed by atoms with Gasteiger partial charge in [0.25, 0.3) is 0 Å². The molecule has 0 spiro atoms. The van der Waals surface area contributed by atoms with Crippen LogP contribution in [0, 0.1) is 30.2 Å². The monoisotopic (exact) mass is 365 g/mol. The van der Waals surface area contributed by atoms with Gasteiger partial charge in [-0.1, -0.05) is 0 Å². The smallest absolute Gasteiger partial charge is 0.185 e. The number of anilines is 2. The van der Waals surface area contributed by atoms with Crippen LogP contribution in [0.15, 0.2) is 18.5 Å². The number of halogens is 4. The van der Waals surface area contributed by atoms with E-state index in [0.29, 0.717) is 35.6 Å². The van der Waals surface area contributed by atoms with Gasteiger partial charge in [-0.2, -0.15) is 0 Å². The molecule has 0 fully saturated rings. The molecular weight excluding hydrogens is 354 g/mol. The number of fused-ring (bicyclic) bond motifs is 2. The van der Waals surface area contributed by atoms with E-state index >= 15 is 0 Å². The molecule has 1 N–H and O–H groups in total. The van der Waals surface area contributed by atoms with Gasteiger partial charge in [-0.15, -0.1) is 0 Å². The van der Waals surface area contributed by atoms with E-state index < -0.39 is 34.5 Å². The van der Waals surface area contributed by atoms with Crippen LogP contribution in [-0.4, -0.2) is 23.2 Å². The van der Waals surface area contributed by atoms with E-state index in [1.807, 2.05) is 0 Å². The van der Waals surface area contributed by atoms with E-state index in [4.69, 9.17) is 9.47 Å². The maximum absolute atomic E-state index is 14.1. The van der Waals surface area contributed by atoms with Crippen LogP contribution >= 0.6 is 0 Å². The molecule has 26 heavy (non-hydrogen) atoms. The van der Waals surface area contributed by atoms with Crippen molar-refractivity contribution in [2.24, 2.45) is 0 Å². The van der Waals surface area contributed by atoms with Crippen molar-refractivity contribution in [2.75, 3.05) is 18.5 Å². The number of nitrogens with one attached hydrogen (secondary N) is 1. The van der Waals surface area contributed by atoms with Crippen LogP contribution in [0.5, 0.6) is 11.5 Å². The SMILES string of the molecule is Cc1c(F)c(F)c(Nc2ncnc3cc4c(cc23)OCCO4)c(F)c1F. The Morgan fingerprint density at radius 3 is 2.15 bits per heavy atom. The maximum atomic E-state index is 14.1. The highest BCUT2D eigenvalue weighted by Gasteiger charge is 2.24. The molecule has 4 rings (SSSR count). The molecule has 1 aliphatic heterocycles. The van der Waals surface area contributed by atoms with E-state index in [0.717, 1.165) is 13.3 Å². The average molecular weight is 365 g/mol. The molecule has 0 radical (unpaired) electrons. The minimum Gasteiger partial charge on any atom is -0.486 e. The Labute approximate surface area is 144 Å². The number of hydrogen-bond acceptors (Lipinski definition) is 5. The largest absolute Gasteiger partial charge is 0.486 e. The van der Waals surface area contributed by atoms with Crippen molar-refractivity contribution < 1.29 is 27.0 Å². The lowest BCUT2D eigenvalue weighted by Gasteiger charge is -2.19. The predicted octanol–water partition coefficient (Wildman–Crippen LogP) is 4.01. The van der Waals surface area contributed by atoms with Crippen LogP contribution in [-0.2, 0) is 0 Å². The first-order valence-electron chi connectivity index (χ1n) is 7.61. The zero-order chi connectivity index (χ0) is 18.4. The molecule has 0 aliphatic carbocycles. The van der Waals surface area contributed by atoms with Crippen LogP contribution in [0.2, 0.25) is 0 Å². The summed E-state index contributed by atoms with van der Waals surface area (Å²) in [6.07, 6.45) is 1.15. The van der Waals surface area contributed by atoms with Crippen LogP contribution < -0.4 is 14.8 Å². The zero-order valence-corrected chi connectivity index (χ0v) is 13.4. The normalized spacial score (nSPS) is 13.1. The summed E-state index contributed by atoms with van der Waals surface area (Å²) in [4.78, 5) is 7.98. The Balaban J connectivity index is 1.86. The summed E-state index contributed by atoms with van der Waals surface area (Å²) in [6, 6.07) is 3.11. The Morgan fingerprint density at radius 1 is 0.885 bits per heavy atom. The quantitative estimate of drug-likeness (QED) is 0.549. The number of ether oxygens (including phenoxy) is 2. The van der Waals surface area contributed by atoms with Crippen molar-refractivity contribution in [1.82, 2.24) is 9.97 Å². The van der Waals surface area contributed by atoms with E-state index in [-0.39, 0.29) is 5.82 Å². The number of benzene rings is 2. The van der Waals surface area contributed by atoms with Gasteiger partial charge in [0.15, 0.2) is 34.8 Å². The first-order valence-corrected chi connectivity index (χ1v) is 7.61. The summed E-state index contributed by atoms with van der Waals surface area (Å²) in [5.74, 6) is -5.18. The first-order chi connectivity index (χ1) is 12.5. The van der Waals surface area contributed by atoms with Crippen LogP contribution in [0.25, 0.3) is 10.9 Å². The summed E-state index contributed by atoms with van der Waals surface area (Å²) in [7, 11) is 0. The molecule has 1 aliphatic rings. The van der Waals surface area contributed by atoms with Crippen molar-refractivity contribution in [3.8, 4) is 11.5 Å². The predicted molar refractivity (Wildman–Crippen MR) is 84.8 cm³/mol. The highest BCUT2D eigenvalue weighted by molar-refractivity contribution is 5.93. The van der Waals surface area contributed by atoms with Gasteiger partial charge < -0.3 is 14.8 Å². The van der Waals surface area contributed by atoms with Gasteiger partial charge in [0.1, 0.15) is 31.0 Å². The van der Waals surface area contributed by atoms with Crippen LogP contribution in [0.4, 0.5) is 29.1 Å².